The molecule has 7 rings (SSSR count). The van der Waals surface area contributed by atoms with Crippen molar-refractivity contribution in [3.8, 4) is 17.6 Å². The molecule has 5 aromatic rings. The first-order valence-corrected chi connectivity index (χ1v) is 21.3. The van der Waals surface area contributed by atoms with E-state index in [-0.39, 0.29) is 55.4 Å². The number of aromatic amines is 1. The highest BCUT2D eigenvalue weighted by Gasteiger charge is 2.65. The van der Waals surface area contributed by atoms with Crippen LogP contribution in [-0.2, 0) is 28.9 Å². The van der Waals surface area contributed by atoms with E-state index < -0.39 is 43.7 Å². The van der Waals surface area contributed by atoms with Gasteiger partial charge in [0.25, 0.3) is 14.1 Å². The third kappa shape index (κ3) is 8.78. The second kappa shape index (κ2) is 18.8. The Morgan fingerprint density at radius 2 is 1.62 bits per heavy atom. The number of benzene rings is 3. The molecule has 0 aliphatic carbocycles. The van der Waals surface area contributed by atoms with E-state index in [2.05, 4.69) is 53.4 Å². The number of nitriles is 1. The van der Waals surface area contributed by atoms with E-state index in [1.54, 1.807) is 30.0 Å². The van der Waals surface area contributed by atoms with Gasteiger partial charge in [-0.3, -0.25) is 14.3 Å². The summed E-state index contributed by atoms with van der Waals surface area (Å²) in [6.45, 7) is 8.59. The van der Waals surface area contributed by atoms with Crippen molar-refractivity contribution in [1.82, 2.24) is 29.1 Å². The molecular weight excluding hydrogens is 800 g/mol. The predicted octanol–water partition coefficient (Wildman–Crippen LogP) is 6.69. The van der Waals surface area contributed by atoms with E-state index in [9.17, 15) is 10.1 Å². The largest absolute Gasteiger partial charge is 0.497 e. The fourth-order valence-corrected chi connectivity index (χ4v) is 9.71. The van der Waals surface area contributed by atoms with Crippen molar-refractivity contribution in [2.75, 3.05) is 48.1 Å². The zero-order valence-corrected chi connectivity index (χ0v) is 36.6. The Labute approximate surface area is 357 Å². The highest BCUT2D eigenvalue weighted by molar-refractivity contribution is 7.44. The Kier molecular flexibility index (Phi) is 13.5. The predicted molar refractivity (Wildman–Crippen MR) is 231 cm³/mol. The molecule has 17 heteroatoms. The molecule has 2 fully saturated rings. The minimum atomic E-state index is -1.77. The third-order valence-corrected chi connectivity index (χ3v) is 12.8. The number of rotatable bonds is 19. The van der Waals surface area contributed by atoms with Crippen LogP contribution in [-0.4, -0.2) is 113 Å². The summed E-state index contributed by atoms with van der Waals surface area (Å²) in [5.74, 6) is 1.50. The van der Waals surface area contributed by atoms with Gasteiger partial charge in [0, 0.05) is 26.2 Å². The fourth-order valence-electron chi connectivity index (χ4n) is 7.90. The van der Waals surface area contributed by atoms with Gasteiger partial charge in [-0.25, -0.2) is 14.6 Å². The number of ether oxygens (including phenoxy) is 5. The van der Waals surface area contributed by atoms with Gasteiger partial charge in [0.05, 0.1) is 59.2 Å². The van der Waals surface area contributed by atoms with Crippen LogP contribution in [0, 0.1) is 11.3 Å². The maximum absolute atomic E-state index is 13.3. The van der Waals surface area contributed by atoms with Gasteiger partial charge in [0.1, 0.15) is 34.9 Å². The van der Waals surface area contributed by atoms with Crippen molar-refractivity contribution in [3.05, 3.63) is 112 Å². The van der Waals surface area contributed by atoms with Crippen LogP contribution in [0.1, 0.15) is 57.0 Å². The molecule has 4 heterocycles. The summed E-state index contributed by atoms with van der Waals surface area (Å²) >= 11 is 0. The van der Waals surface area contributed by atoms with Gasteiger partial charge in [0.15, 0.2) is 17.4 Å². The second-order valence-corrected chi connectivity index (χ2v) is 17.0. The monoisotopic (exact) mass is 852 g/mol. The lowest BCUT2D eigenvalue weighted by molar-refractivity contribution is -0.202. The first-order valence-electron chi connectivity index (χ1n) is 20.1. The number of fused-ring (bicyclic) bond motifs is 3. The second-order valence-electron chi connectivity index (χ2n) is 15.6. The SMILES string of the molecule is COc1ccc(C(OC[C@]23CO[C@H](C2OP(OCCC#N)N(C(C)C)C(C)C)[C@H](n2cnc4c(=O)[nH]c(/N=C/N(C)C)nc42)O3)(c2ccccc2)c2ccc(OC)cc2)cc1. The highest BCUT2D eigenvalue weighted by atomic mass is 31.2. The lowest BCUT2D eigenvalue weighted by Gasteiger charge is -2.41. The number of hydrogen-bond donors (Lipinski definition) is 1. The van der Waals surface area contributed by atoms with Crippen molar-refractivity contribution < 1.29 is 32.7 Å². The molecule has 61 heavy (non-hydrogen) atoms. The van der Waals surface area contributed by atoms with Gasteiger partial charge in [-0.05, 0) is 68.7 Å². The fraction of sp³-hybridized carbons (Fsp3) is 0.432. The molecule has 16 nitrogen and oxygen atoms in total. The topological polar surface area (TPSA) is 171 Å². The highest BCUT2D eigenvalue weighted by Crippen LogP contribution is 2.56. The number of aromatic nitrogens is 4. The van der Waals surface area contributed by atoms with E-state index >= 15 is 0 Å². The average molecular weight is 853 g/mol. The molecule has 322 valence electrons. The number of hydrogen-bond acceptors (Lipinski definition) is 13. The lowest BCUT2D eigenvalue weighted by Crippen LogP contribution is -2.49. The Balaban J connectivity index is 1.37. The van der Waals surface area contributed by atoms with Gasteiger partial charge in [0.2, 0.25) is 5.95 Å². The summed E-state index contributed by atoms with van der Waals surface area (Å²) in [6.07, 6.45) is 0.908. The Morgan fingerprint density at radius 3 is 2.20 bits per heavy atom. The quantitative estimate of drug-likeness (QED) is 0.0307. The molecule has 0 spiro atoms. The summed E-state index contributed by atoms with van der Waals surface area (Å²) in [6, 6.07) is 27.9. The molecule has 2 aromatic heterocycles. The number of H-pyrrole nitrogens is 1. The number of aliphatic imine (C=N–C) groups is 1. The first-order chi connectivity index (χ1) is 29.4. The summed E-state index contributed by atoms with van der Waals surface area (Å²) in [7, 11) is 5.14. The molecule has 0 radical (unpaired) electrons. The summed E-state index contributed by atoms with van der Waals surface area (Å²) in [5.41, 5.74) is 0.0492. The maximum atomic E-state index is 13.3. The van der Waals surface area contributed by atoms with Crippen molar-refractivity contribution in [3.63, 3.8) is 0 Å². The maximum Gasteiger partial charge on any atom is 0.280 e. The smallest absolute Gasteiger partial charge is 0.280 e. The molecule has 0 saturated carbocycles. The number of methoxy groups -OCH3 is 2. The molecule has 2 saturated heterocycles. The van der Waals surface area contributed by atoms with Crippen LogP contribution in [0.15, 0.2) is 95.0 Å². The van der Waals surface area contributed by atoms with Crippen LogP contribution in [0.3, 0.4) is 0 Å². The number of nitrogens with zero attached hydrogens (tertiary/aromatic N) is 7. The van der Waals surface area contributed by atoms with Gasteiger partial charge in [-0.2, -0.15) is 10.2 Å². The average Bonchev–Trinajstić information content (AvgIpc) is 3.93. The first kappa shape index (κ1) is 43.8. The molecule has 5 atom stereocenters. The normalized spacial score (nSPS) is 20.6. The standard InChI is InChI=1S/C44H53N8O8P/c1-29(2)52(30(3)4)61(58-24-12-23-45)60-38-37-41(51-28-46-36-39(51)48-42(49-40(36)53)47-27-50(5)6)59-43(38,25-56-37)26-57-44(31-13-10-9-11-14-31,32-15-19-34(54-7)20-16-32)33-17-21-35(55-8)22-18-33/h9-11,13-22,27-30,37-38,41H,12,24-26H2,1-8H3,(H,48,49,53)/b47-27+/t37-,38?,41-,43-,61?/m1/s1. The molecule has 0 amide bonds. The minimum absolute atomic E-state index is 0.0264. The molecule has 2 bridgehead atoms. The van der Waals surface area contributed by atoms with Crippen LogP contribution in [0.4, 0.5) is 5.95 Å². The Bertz CT molecular complexity index is 2310. The lowest BCUT2D eigenvalue weighted by atomic mass is 9.79. The van der Waals surface area contributed by atoms with Crippen LogP contribution in [0.5, 0.6) is 11.5 Å². The summed E-state index contributed by atoms with van der Waals surface area (Å²) in [4.78, 5) is 31.2. The van der Waals surface area contributed by atoms with Gasteiger partial charge < -0.3 is 37.6 Å². The number of nitrogens with one attached hydrogen (secondary N) is 1. The molecule has 2 unspecified atom stereocenters. The van der Waals surface area contributed by atoms with Crippen molar-refractivity contribution in [1.29, 1.82) is 5.26 Å². The van der Waals surface area contributed by atoms with Crippen LogP contribution < -0.4 is 15.0 Å². The van der Waals surface area contributed by atoms with Gasteiger partial charge in [-0.15, -0.1) is 0 Å². The van der Waals surface area contributed by atoms with Crippen molar-refractivity contribution in [2.24, 2.45) is 4.99 Å². The van der Waals surface area contributed by atoms with E-state index in [1.165, 1.54) is 6.33 Å². The molecule has 2 aliphatic rings. The third-order valence-electron chi connectivity index (χ3n) is 10.7. The summed E-state index contributed by atoms with van der Waals surface area (Å²) < 4.78 is 50.0. The van der Waals surface area contributed by atoms with Crippen molar-refractivity contribution in [2.45, 2.75) is 75.8 Å². The van der Waals surface area contributed by atoms with E-state index in [0.29, 0.717) is 11.5 Å². The van der Waals surface area contributed by atoms with E-state index in [1.807, 2.05) is 93.0 Å². The summed E-state index contributed by atoms with van der Waals surface area (Å²) in [5, 5.41) is 9.47. The molecule has 3 aromatic carbocycles. The van der Waals surface area contributed by atoms with Crippen LogP contribution >= 0.6 is 8.53 Å². The Hall–Kier alpha value is -5.24. The van der Waals surface area contributed by atoms with E-state index in [0.717, 1.165) is 16.7 Å². The van der Waals surface area contributed by atoms with Crippen molar-refractivity contribution >= 4 is 32.0 Å². The zero-order valence-electron chi connectivity index (χ0n) is 35.7. The molecule has 2 aliphatic heterocycles. The number of imidazole rings is 1. The minimum Gasteiger partial charge on any atom is -0.497 e. The Morgan fingerprint density at radius 1 is 1.00 bits per heavy atom. The van der Waals surface area contributed by atoms with Gasteiger partial charge in [-0.1, -0.05) is 54.6 Å². The van der Waals surface area contributed by atoms with Crippen LogP contribution in [0.25, 0.3) is 11.2 Å². The van der Waals surface area contributed by atoms with E-state index in [4.69, 9.17) is 37.7 Å². The molecule has 1 N–H and O–H groups in total. The molecular formula is C44H53N8O8P. The van der Waals surface area contributed by atoms with Gasteiger partial charge >= 0.3 is 0 Å². The zero-order chi connectivity index (χ0) is 43.3. The van der Waals surface area contributed by atoms with Crippen LogP contribution in [0.2, 0.25) is 0 Å².